The molecule has 0 heterocycles. The Bertz CT molecular complexity index is 266. The van der Waals surface area contributed by atoms with Crippen molar-refractivity contribution >= 4 is 24.0 Å². The van der Waals surface area contributed by atoms with Crippen molar-refractivity contribution in [1.82, 2.24) is 0 Å². The van der Waals surface area contributed by atoms with Gasteiger partial charge < -0.3 is 10.8 Å². The highest BCUT2D eigenvalue weighted by Crippen LogP contribution is 2.22. The fraction of sp³-hybridized carbons (Fsp3) is 0.333. The van der Waals surface area contributed by atoms with Crippen molar-refractivity contribution in [2.45, 2.75) is 19.1 Å². The molecule has 0 bridgehead atoms. The van der Waals surface area contributed by atoms with Gasteiger partial charge in [-0.15, -0.1) is 12.4 Å². The van der Waals surface area contributed by atoms with E-state index in [1.54, 1.807) is 13.0 Å². The van der Waals surface area contributed by atoms with Crippen LogP contribution in [0.5, 0.6) is 0 Å². The summed E-state index contributed by atoms with van der Waals surface area (Å²) in [4.78, 5) is 0. The predicted molar refractivity (Wildman–Crippen MR) is 57.3 cm³/mol. The van der Waals surface area contributed by atoms with E-state index in [1.807, 2.05) is 18.2 Å². The molecular formula is C9H13Cl2NO. The molecule has 4 heteroatoms. The minimum Gasteiger partial charge on any atom is -0.391 e. The molecule has 1 aromatic carbocycles. The van der Waals surface area contributed by atoms with E-state index in [2.05, 4.69) is 0 Å². The Hall–Kier alpha value is -0.280. The van der Waals surface area contributed by atoms with Crippen LogP contribution in [0.1, 0.15) is 18.5 Å². The molecule has 0 spiro atoms. The number of aliphatic hydroxyl groups is 1. The molecule has 0 radical (unpaired) electrons. The van der Waals surface area contributed by atoms with Gasteiger partial charge in [-0.3, -0.25) is 0 Å². The number of nitrogens with two attached hydrogens (primary N) is 1. The van der Waals surface area contributed by atoms with E-state index < -0.39 is 12.1 Å². The van der Waals surface area contributed by atoms with Crippen molar-refractivity contribution < 1.29 is 5.11 Å². The van der Waals surface area contributed by atoms with Crippen LogP contribution in [-0.4, -0.2) is 11.2 Å². The number of halogens is 2. The first-order valence-corrected chi connectivity index (χ1v) is 4.19. The average molecular weight is 222 g/mol. The highest BCUT2D eigenvalue weighted by molar-refractivity contribution is 6.31. The van der Waals surface area contributed by atoms with Crippen LogP contribution in [0.2, 0.25) is 5.02 Å². The maximum atomic E-state index is 9.22. The third-order valence-corrected chi connectivity index (χ3v) is 2.13. The predicted octanol–water partition coefficient (Wildman–Crippen LogP) is 2.14. The topological polar surface area (TPSA) is 46.2 Å². The maximum absolute atomic E-state index is 9.22. The van der Waals surface area contributed by atoms with E-state index >= 15 is 0 Å². The van der Waals surface area contributed by atoms with Crippen molar-refractivity contribution in [2.75, 3.05) is 0 Å². The highest BCUT2D eigenvalue weighted by Gasteiger charge is 2.13. The minimum absolute atomic E-state index is 0. The molecule has 1 rings (SSSR count). The summed E-state index contributed by atoms with van der Waals surface area (Å²) in [5.74, 6) is 0. The second-order valence-corrected chi connectivity index (χ2v) is 3.20. The summed E-state index contributed by atoms with van der Waals surface area (Å²) >= 11 is 5.87. The zero-order valence-corrected chi connectivity index (χ0v) is 8.85. The van der Waals surface area contributed by atoms with E-state index in [0.717, 1.165) is 5.56 Å². The molecule has 0 aliphatic heterocycles. The van der Waals surface area contributed by atoms with Crippen LogP contribution in [0.3, 0.4) is 0 Å². The molecule has 0 saturated heterocycles. The van der Waals surface area contributed by atoms with E-state index in [9.17, 15) is 5.11 Å². The van der Waals surface area contributed by atoms with Crippen molar-refractivity contribution in [3.63, 3.8) is 0 Å². The van der Waals surface area contributed by atoms with E-state index in [0.29, 0.717) is 5.02 Å². The quantitative estimate of drug-likeness (QED) is 0.805. The van der Waals surface area contributed by atoms with Gasteiger partial charge >= 0.3 is 0 Å². The van der Waals surface area contributed by atoms with Crippen LogP contribution in [-0.2, 0) is 0 Å². The Labute approximate surface area is 89.1 Å². The van der Waals surface area contributed by atoms with Gasteiger partial charge in [0, 0.05) is 5.02 Å². The van der Waals surface area contributed by atoms with Crippen LogP contribution in [0.4, 0.5) is 0 Å². The van der Waals surface area contributed by atoms with Crippen molar-refractivity contribution in [2.24, 2.45) is 5.73 Å². The van der Waals surface area contributed by atoms with Gasteiger partial charge in [-0.05, 0) is 18.6 Å². The SMILES string of the molecule is C[C@H](O)[C@H](N)c1ccccc1Cl.Cl. The molecule has 0 fully saturated rings. The third kappa shape index (κ3) is 3.16. The first-order chi connectivity index (χ1) is 5.63. The molecule has 0 aromatic heterocycles. The summed E-state index contributed by atoms with van der Waals surface area (Å²) in [5.41, 5.74) is 6.49. The van der Waals surface area contributed by atoms with Crippen LogP contribution in [0.25, 0.3) is 0 Å². The van der Waals surface area contributed by atoms with Gasteiger partial charge in [0.1, 0.15) is 0 Å². The fourth-order valence-electron chi connectivity index (χ4n) is 1.01. The standard InChI is InChI=1S/C9H12ClNO.ClH/c1-6(12)9(11)7-4-2-3-5-8(7)10;/h2-6,9,12H,11H2,1H3;1H/t6-,9-;/m0./s1. The molecule has 1 aromatic rings. The van der Waals surface area contributed by atoms with Gasteiger partial charge in [0.2, 0.25) is 0 Å². The maximum Gasteiger partial charge on any atom is 0.0705 e. The molecule has 0 amide bonds. The Morgan fingerprint density at radius 2 is 1.92 bits per heavy atom. The Morgan fingerprint density at radius 1 is 1.38 bits per heavy atom. The number of hydrogen-bond acceptors (Lipinski definition) is 2. The molecule has 2 nitrogen and oxygen atoms in total. The lowest BCUT2D eigenvalue weighted by molar-refractivity contribution is 0.164. The fourth-order valence-corrected chi connectivity index (χ4v) is 1.27. The van der Waals surface area contributed by atoms with Gasteiger partial charge in [-0.1, -0.05) is 29.8 Å². The van der Waals surface area contributed by atoms with E-state index in [4.69, 9.17) is 17.3 Å². The summed E-state index contributed by atoms with van der Waals surface area (Å²) < 4.78 is 0. The number of benzene rings is 1. The lowest BCUT2D eigenvalue weighted by Crippen LogP contribution is -2.23. The zero-order valence-electron chi connectivity index (χ0n) is 7.27. The van der Waals surface area contributed by atoms with Gasteiger partial charge in [-0.25, -0.2) is 0 Å². The normalized spacial score (nSPS) is 14.5. The molecular weight excluding hydrogens is 209 g/mol. The number of rotatable bonds is 2. The van der Waals surface area contributed by atoms with Crippen LogP contribution in [0, 0.1) is 0 Å². The summed E-state index contributed by atoms with van der Waals surface area (Å²) in [7, 11) is 0. The Morgan fingerprint density at radius 3 is 2.38 bits per heavy atom. The average Bonchev–Trinajstić information content (AvgIpc) is 2.04. The van der Waals surface area contributed by atoms with E-state index in [-0.39, 0.29) is 12.4 Å². The first-order valence-electron chi connectivity index (χ1n) is 3.81. The largest absolute Gasteiger partial charge is 0.391 e. The van der Waals surface area contributed by atoms with Crippen LogP contribution < -0.4 is 5.73 Å². The van der Waals surface area contributed by atoms with Crippen molar-refractivity contribution in [3.8, 4) is 0 Å². The zero-order chi connectivity index (χ0) is 9.14. The van der Waals surface area contributed by atoms with Gasteiger partial charge in [0.05, 0.1) is 12.1 Å². The summed E-state index contributed by atoms with van der Waals surface area (Å²) in [6.45, 7) is 1.65. The molecule has 0 unspecified atom stereocenters. The second-order valence-electron chi connectivity index (χ2n) is 2.79. The number of hydrogen-bond donors (Lipinski definition) is 2. The molecule has 0 aliphatic carbocycles. The molecule has 0 aliphatic rings. The molecule has 74 valence electrons. The lowest BCUT2D eigenvalue weighted by Gasteiger charge is -2.15. The minimum atomic E-state index is -0.579. The molecule has 0 saturated carbocycles. The van der Waals surface area contributed by atoms with E-state index in [1.165, 1.54) is 0 Å². The molecule has 2 atom stereocenters. The van der Waals surface area contributed by atoms with Crippen molar-refractivity contribution in [1.29, 1.82) is 0 Å². The lowest BCUT2D eigenvalue weighted by atomic mass is 10.0. The monoisotopic (exact) mass is 221 g/mol. The molecule has 13 heavy (non-hydrogen) atoms. The smallest absolute Gasteiger partial charge is 0.0705 e. The third-order valence-electron chi connectivity index (χ3n) is 1.78. The Balaban J connectivity index is 0.00000144. The summed E-state index contributed by atoms with van der Waals surface area (Å²) in [6.07, 6.45) is -0.579. The van der Waals surface area contributed by atoms with Gasteiger partial charge in [0.15, 0.2) is 0 Å². The number of aliphatic hydroxyl groups excluding tert-OH is 1. The second kappa shape index (κ2) is 5.45. The molecule has 3 N–H and O–H groups in total. The Kier molecular flexibility index (Phi) is 5.33. The van der Waals surface area contributed by atoms with Gasteiger partial charge in [0.25, 0.3) is 0 Å². The highest BCUT2D eigenvalue weighted by atomic mass is 35.5. The van der Waals surface area contributed by atoms with Crippen LogP contribution >= 0.6 is 24.0 Å². The van der Waals surface area contributed by atoms with Gasteiger partial charge in [-0.2, -0.15) is 0 Å². The first kappa shape index (κ1) is 12.7. The van der Waals surface area contributed by atoms with Crippen LogP contribution in [0.15, 0.2) is 24.3 Å². The summed E-state index contributed by atoms with van der Waals surface area (Å²) in [5, 5.41) is 9.82. The summed E-state index contributed by atoms with van der Waals surface area (Å²) in [6, 6.07) is 6.86. The van der Waals surface area contributed by atoms with Crippen molar-refractivity contribution in [3.05, 3.63) is 34.9 Å².